The Morgan fingerprint density at radius 1 is 1.14 bits per heavy atom. The average Bonchev–Trinajstić information content (AvgIpc) is 3.10. The van der Waals surface area contributed by atoms with Gasteiger partial charge >= 0.3 is 0 Å². The fourth-order valence-corrected chi connectivity index (χ4v) is 5.09. The molecule has 1 aromatic carbocycles. The maximum absolute atomic E-state index is 6.64. The van der Waals surface area contributed by atoms with Gasteiger partial charge in [0.25, 0.3) is 0 Å². The maximum Gasteiger partial charge on any atom is 0.123 e. The molecule has 28 heavy (non-hydrogen) atoms. The van der Waals surface area contributed by atoms with Crippen molar-refractivity contribution in [2.24, 2.45) is 5.92 Å². The van der Waals surface area contributed by atoms with Crippen LogP contribution in [0.3, 0.4) is 0 Å². The van der Waals surface area contributed by atoms with Crippen molar-refractivity contribution < 1.29 is 4.74 Å². The minimum absolute atomic E-state index is 0.0803. The van der Waals surface area contributed by atoms with Crippen molar-refractivity contribution in [2.75, 3.05) is 13.1 Å². The number of benzene rings is 1. The summed E-state index contributed by atoms with van der Waals surface area (Å²) >= 11 is 0. The standard InChI is InChI=1S/C24H33N3O/c1-18(2)16-27-17-21(15-25-27)19-6-7-23-20(14-19)8-9-24(28-23)10-12-26(13-11-24)22-4-3-5-22/h6-7,14-15,17-18,22H,3-5,8-13,16H2,1-2H3. The zero-order valence-electron chi connectivity index (χ0n) is 17.4. The third-order valence-corrected chi connectivity index (χ3v) is 7.06. The normalized spacial score (nSPS) is 22.1. The van der Waals surface area contributed by atoms with Crippen LogP contribution in [0.15, 0.2) is 30.6 Å². The molecule has 0 bridgehead atoms. The SMILES string of the molecule is CC(C)Cn1cc(-c2ccc3c(c2)CCC2(CCN(C4CCC4)CC2)O3)cn1. The summed E-state index contributed by atoms with van der Waals surface area (Å²) in [5.41, 5.74) is 3.91. The number of piperidine rings is 1. The average molecular weight is 380 g/mol. The Balaban J connectivity index is 1.28. The van der Waals surface area contributed by atoms with Gasteiger partial charge in [-0.2, -0.15) is 5.10 Å². The first-order valence-corrected chi connectivity index (χ1v) is 11.2. The lowest BCUT2D eigenvalue weighted by molar-refractivity contribution is -0.0336. The van der Waals surface area contributed by atoms with E-state index in [9.17, 15) is 0 Å². The fourth-order valence-electron chi connectivity index (χ4n) is 5.09. The van der Waals surface area contributed by atoms with E-state index in [0.717, 1.165) is 31.2 Å². The highest BCUT2D eigenvalue weighted by atomic mass is 16.5. The molecule has 1 aliphatic carbocycles. The Morgan fingerprint density at radius 3 is 2.68 bits per heavy atom. The molecule has 5 rings (SSSR count). The van der Waals surface area contributed by atoms with Gasteiger partial charge in [0.1, 0.15) is 11.4 Å². The zero-order valence-corrected chi connectivity index (χ0v) is 17.4. The highest BCUT2D eigenvalue weighted by Crippen LogP contribution is 2.42. The molecular weight excluding hydrogens is 346 g/mol. The molecule has 3 aliphatic rings. The highest BCUT2D eigenvalue weighted by molar-refractivity contribution is 5.64. The Labute approximate surface area is 168 Å². The van der Waals surface area contributed by atoms with E-state index in [1.165, 1.54) is 61.9 Å². The summed E-state index contributed by atoms with van der Waals surface area (Å²) < 4.78 is 8.70. The van der Waals surface area contributed by atoms with Crippen LogP contribution < -0.4 is 4.74 Å². The van der Waals surface area contributed by atoms with Crippen molar-refractivity contribution >= 4 is 0 Å². The van der Waals surface area contributed by atoms with Gasteiger partial charge in [-0.15, -0.1) is 0 Å². The molecule has 4 heteroatoms. The topological polar surface area (TPSA) is 30.3 Å². The second-order valence-electron chi connectivity index (χ2n) is 9.57. The Kier molecular flexibility index (Phi) is 4.70. The van der Waals surface area contributed by atoms with Crippen LogP contribution in [0.2, 0.25) is 0 Å². The van der Waals surface area contributed by atoms with E-state index in [1.54, 1.807) is 0 Å². The third kappa shape index (κ3) is 3.47. The van der Waals surface area contributed by atoms with Gasteiger partial charge in [-0.3, -0.25) is 4.68 Å². The highest BCUT2D eigenvalue weighted by Gasteiger charge is 2.41. The Hall–Kier alpha value is -1.81. The van der Waals surface area contributed by atoms with Crippen LogP contribution in [0.4, 0.5) is 0 Å². The van der Waals surface area contributed by atoms with E-state index in [-0.39, 0.29) is 5.60 Å². The lowest BCUT2D eigenvalue weighted by Gasteiger charge is -2.48. The third-order valence-electron chi connectivity index (χ3n) is 7.06. The molecule has 0 radical (unpaired) electrons. The molecule has 2 aromatic rings. The molecule has 1 saturated heterocycles. The number of nitrogens with zero attached hydrogens (tertiary/aromatic N) is 3. The van der Waals surface area contributed by atoms with Crippen molar-refractivity contribution in [1.82, 2.24) is 14.7 Å². The zero-order chi connectivity index (χ0) is 19.1. The van der Waals surface area contributed by atoms with Crippen LogP contribution in [0.25, 0.3) is 11.1 Å². The van der Waals surface area contributed by atoms with Crippen LogP contribution in [0.1, 0.15) is 57.9 Å². The minimum Gasteiger partial charge on any atom is -0.487 e. The van der Waals surface area contributed by atoms with Gasteiger partial charge in [-0.1, -0.05) is 26.3 Å². The molecule has 4 nitrogen and oxygen atoms in total. The van der Waals surface area contributed by atoms with Crippen LogP contribution in [0.5, 0.6) is 5.75 Å². The summed E-state index contributed by atoms with van der Waals surface area (Å²) in [4.78, 5) is 2.71. The van der Waals surface area contributed by atoms with Gasteiger partial charge in [-0.05, 0) is 67.7 Å². The summed E-state index contributed by atoms with van der Waals surface area (Å²) in [6.07, 6.45) is 13.1. The largest absolute Gasteiger partial charge is 0.487 e. The summed E-state index contributed by atoms with van der Waals surface area (Å²) in [5, 5.41) is 4.53. The Morgan fingerprint density at radius 2 is 1.96 bits per heavy atom. The smallest absolute Gasteiger partial charge is 0.123 e. The summed E-state index contributed by atoms with van der Waals surface area (Å²) in [6.45, 7) is 7.85. The van der Waals surface area contributed by atoms with Crippen molar-refractivity contribution in [3.8, 4) is 16.9 Å². The monoisotopic (exact) mass is 379 g/mol. The number of aromatic nitrogens is 2. The van der Waals surface area contributed by atoms with Gasteiger partial charge in [0, 0.05) is 37.4 Å². The number of hydrogen-bond acceptors (Lipinski definition) is 3. The van der Waals surface area contributed by atoms with Crippen molar-refractivity contribution in [3.05, 3.63) is 36.2 Å². The molecular formula is C24H33N3O. The van der Waals surface area contributed by atoms with E-state index >= 15 is 0 Å². The molecule has 1 aromatic heterocycles. The maximum atomic E-state index is 6.64. The summed E-state index contributed by atoms with van der Waals surface area (Å²) in [7, 11) is 0. The van der Waals surface area contributed by atoms with Crippen molar-refractivity contribution in [1.29, 1.82) is 0 Å². The molecule has 1 saturated carbocycles. The first kappa shape index (κ1) is 18.2. The van der Waals surface area contributed by atoms with Gasteiger partial charge in [0.05, 0.1) is 6.20 Å². The molecule has 0 N–H and O–H groups in total. The molecule has 0 atom stereocenters. The number of rotatable bonds is 4. The van der Waals surface area contributed by atoms with Gasteiger partial charge < -0.3 is 9.64 Å². The molecule has 0 unspecified atom stereocenters. The van der Waals surface area contributed by atoms with E-state index < -0.39 is 0 Å². The molecule has 1 spiro atoms. The van der Waals surface area contributed by atoms with E-state index in [2.05, 4.69) is 52.9 Å². The van der Waals surface area contributed by atoms with Crippen LogP contribution in [-0.4, -0.2) is 39.4 Å². The lowest BCUT2D eigenvalue weighted by atomic mass is 9.81. The van der Waals surface area contributed by atoms with E-state index in [4.69, 9.17) is 4.74 Å². The second-order valence-corrected chi connectivity index (χ2v) is 9.57. The predicted molar refractivity (Wildman–Crippen MR) is 113 cm³/mol. The van der Waals surface area contributed by atoms with E-state index in [0.29, 0.717) is 5.92 Å². The first-order chi connectivity index (χ1) is 13.6. The molecule has 3 heterocycles. The van der Waals surface area contributed by atoms with Crippen LogP contribution in [0, 0.1) is 5.92 Å². The van der Waals surface area contributed by atoms with Gasteiger partial charge in [0.15, 0.2) is 0 Å². The van der Waals surface area contributed by atoms with Crippen molar-refractivity contribution in [2.45, 2.75) is 77.0 Å². The van der Waals surface area contributed by atoms with Crippen molar-refractivity contribution in [3.63, 3.8) is 0 Å². The number of fused-ring (bicyclic) bond motifs is 1. The minimum atomic E-state index is 0.0803. The van der Waals surface area contributed by atoms with E-state index in [1.807, 2.05) is 6.20 Å². The molecule has 0 amide bonds. The number of hydrogen-bond donors (Lipinski definition) is 0. The molecule has 150 valence electrons. The van der Waals surface area contributed by atoms with Gasteiger partial charge in [-0.25, -0.2) is 0 Å². The Bertz CT molecular complexity index is 828. The lowest BCUT2D eigenvalue weighted by Crippen LogP contribution is -2.53. The first-order valence-electron chi connectivity index (χ1n) is 11.2. The number of likely N-dealkylation sites (tertiary alicyclic amines) is 1. The second kappa shape index (κ2) is 7.22. The quantitative estimate of drug-likeness (QED) is 0.755. The van der Waals surface area contributed by atoms with Crippen LogP contribution in [-0.2, 0) is 13.0 Å². The number of aryl methyl sites for hydroxylation is 1. The number of ether oxygens (including phenoxy) is 1. The summed E-state index contributed by atoms with van der Waals surface area (Å²) in [6, 6.07) is 7.59. The summed E-state index contributed by atoms with van der Waals surface area (Å²) in [5.74, 6) is 1.72. The van der Waals surface area contributed by atoms with Gasteiger partial charge in [0.2, 0.25) is 0 Å². The molecule has 2 aliphatic heterocycles. The predicted octanol–water partition coefficient (Wildman–Crippen LogP) is 4.92. The molecule has 2 fully saturated rings. The fraction of sp³-hybridized carbons (Fsp3) is 0.625. The van der Waals surface area contributed by atoms with Crippen LogP contribution >= 0.6 is 0 Å².